The van der Waals surface area contributed by atoms with Crippen molar-refractivity contribution in [1.29, 1.82) is 0 Å². The summed E-state index contributed by atoms with van der Waals surface area (Å²) in [5.74, 6) is -0.0467. The number of aryl methyl sites for hydroxylation is 1. The maximum atomic E-state index is 12.1. The Morgan fingerprint density at radius 1 is 1.40 bits per heavy atom. The van der Waals surface area contributed by atoms with Crippen LogP contribution in [-0.4, -0.2) is 44.1 Å². The van der Waals surface area contributed by atoms with Gasteiger partial charge in [0.15, 0.2) is 11.6 Å². The second-order valence-electron chi connectivity index (χ2n) is 4.89. The fourth-order valence-corrected chi connectivity index (χ4v) is 2.38. The molecule has 0 atom stereocenters. The zero-order chi connectivity index (χ0) is 14.4. The summed E-state index contributed by atoms with van der Waals surface area (Å²) in [6.07, 6.45) is 3.10. The lowest BCUT2D eigenvalue weighted by Crippen LogP contribution is -2.27. The molecule has 1 N–H and O–H groups in total. The number of nitrogens with zero attached hydrogens (tertiary/aromatic N) is 4. The van der Waals surface area contributed by atoms with Crippen molar-refractivity contribution < 1.29 is 9.90 Å². The average Bonchev–Trinajstić information content (AvgIpc) is 2.85. The zero-order valence-corrected chi connectivity index (χ0v) is 11.2. The van der Waals surface area contributed by atoms with Gasteiger partial charge in [0.1, 0.15) is 11.4 Å². The molecule has 1 aliphatic rings. The maximum Gasteiger partial charge on any atom is 0.271 e. The van der Waals surface area contributed by atoms with Crippen molar-refractivity contribution in [2.75, 3.05) is 14.1 Å². The first kappa shape index (κ1) is 12.5. The molecule has 0 bridgehead atoms. The molecular formula is C13H14N4O3. The summed E-state index contributed by atoms with van der Waals surface area (Å²) in [6, 6.07) is 1.32. The topological polar surface area (TPSA) is 80.4 Å². The lowest BCUT2D eigenvalue weighted by atomic mass is 10.2. The van der Waals surface area contributed by atoms with Crippen molar-refractivity contribution >= 4 is 5.91 Å². The van der Waals surface area contributed by atoms with E-state index in [0.29, 0.717) is 30.3 Å². The number of carbonyl (C=O) groups is 1. The van der Waals surface area contributed by atoms with E-state index in [4.69, 9.17) is 0 Å². The Labute approximate surface area is 114 Å². The fraction of sp³-hybridized carbons (Fsp3) is 0.308. The van der Waals surface area contributed by atoms with E-state index in [1.807, 2.05) is 0 Å². The molecular weight excluding hydrogens is 260 g/mol. The number of amides is 1. The summed E-state index contributed by atoms with van der Waals surface area (Å²) < 4.78 is 3.50. The Morgan fingerprint density at radius 3 is 2.85 bits per heavy atom. The van der Waals surface area contributed by atoms with Gasteiger partial charge in [0, 0.05) is 39.4 Å². The van der Waals surface area contributed by atoms with Gasteiger partial charge in [0.05, 0.1) is 6.20 Å². The average molecular weight is 274 g/mol. The molecule has 0 radical (unpaired) electrons. The molecule has 104 valence electrons. The van der Waals surface area contributed by atoms with Gasteiger partial charge < -0.3 is 19.1 Å². The molecule has 3 rings (SSSR count). The molecule has 2 aromatic heterocycles. The van der Waals surface area contributed by atoms with Crippen molar-refractivity contribution in [2.24, 2.45) is 0 Å². The number of pyridine rings is 1. The molecule has 7 nitrogen and oxygen atoms in total. The second-order valence-corrected chi connectivity index (χ2v) is 4.89. The van der Waals surface area contributed by atoms with Crippen LogP contribution in [0.5, 0.6) is 5.75 Å². The van der Waals surface area contributed by atoms with E-state index in [9.17, 15) is 14.7 Å². The zero-order valence-electron chi connectivity index (χ0n) is 11.2. The van der Waals surface area contributed by atoms with Gasteiger partial charge in [-0.2, -0.15) is 0 Å². The van der Waals surface area contributed by atoms with Crippen LogP contribution in [0, 0.1) is 0 Å². The standard InChI is InChI=1S/C13H14N4O3/c1-15(2)13(20)8-7-14-12-10-11(19)9(18)3-4-16(10)5-6-17(8)12/h3-4,7,19H,5-6H2,1-2H3. The van der Waals surface area contributed by atoms with Crippen LogP contribution in [-0.2, 0) is 13.1 Å². The van der Waals surface area contributed by atoms with Crippen LogP contribution < -0.4 is 5.43 Å². The van der Waals surface area contributed by atoms with Crippen LogP contribution in [0.1, 0.15) is 10.5 Å². The minimum absolute atomic E-state index is 0.157. The third kappa shape index (κ3) is 1.63. The van der Waals surface area contributed by atoms with Gasteiger partial charge in [0.2, 0.25) is 5.43 Å². The number of rotatable bonds is 1. The number of imidazole rings is 1. The molecule has 1 amide bonds. The summed E-state index contributed by atoms with van der Waals surface area (Å²) in [5.41, 5.74) is 0.363. The minimum atomic E-state index is -0.451. The van der Waals surface area contributed by atoms with Crippen LogP contribution in [0.25, 0.3) is 11.5 Å². The van der Waals surface area contributed by atoms with E-state index < -0.39 is 5.43 Å². The number of hydrogen-bond acceptors (Lipinski definition) is 4. The Hall–Kier alpha value is -2.57. The Balaban J connectivity index is 2.22. The van der Waals surface area contributed by atoms with Crippen molar-refractivity contribution in [3.8, 4) is 17.3 Å². The molecule has 2 aromatic rings. The summed E-state index contributed by atoms with van der Waals surface area (Å²) in [5, 5.41) is 9.97. The third-order valence-electron chi connectivity index (χ3n) is 3.41. The van der Waals surface area contributed by atoms with Crippen molar-refractivity contribution in [3.63, 3.8) is 0 Å². The van der Waals surface area contributed by atoms with Crippen LogP contribution in [0.2, 0.25) is 0 Å². The smallest absolute Gasteiger partial charge is 0.271 e. The van der Waals surface area contributed by atoms with E-state index in [1.54, 1.807) is 29.4 Å². The van der Waals surface area contributed by atoms with Gasteiger partial charge in [-0.25, -0.2) is 4.98 Å². The molecule has 7 heteroatoms. The first-order chi connectivity index (χ1) is 9.50. The quantitative estimate of drug-likeness (QED) is 0.801. The SMILES string of the molecule is CN(C)C(=O)c1cnc2n1CCn1ccc(=O)c(O)c1-2. The van der Waals surface area contributed by atoms with Gasteiger partial charge in [-0.15, -0.1) is 0 Å². The van der Waals surface area contributed by atoms with Crippen molar-refractivity contribution in [2.45, 2.75) is 13.1 Å². The van der Waals surface area contributed by atoms with Gasteiger partial charge in [-0.3, -0.25) is 9.59 Å². The van der Waals surface area contributed by atoms with E-state index in [2.05, 4.69) is 4.98 Å². The van der Waals surface area contributed by atoms with E-state index in [-0.39, 0.29) is 11.7 Å². The lowest BCUT2D eigenvalue weighted by Gasteiger charge is -2.23. The largest absolute Gasteiger partial charge is 0.503 e. The molecule has 1 aliphatic heterocycles. The molecule has 0 saturated heterocycles. The molecule has 3 heterocycles. The monoisotopic (exact) mass is 274 g/mol. The maximum absolute atomic E-state index is 12.1. The third-order valence-corrected chi connectivity index (χ3v) is 3.41. The Bertz CT molecular complexity index is 757. The molecule has 0 spiro atoms. The van der Waals surface area contributed by atoms with Crippen LogP contribution in [0.15, 0.2) is 23.3 Å². The summed E-state index contributed by atoms with van der Waals surface area (Å²) in [6.45, 7) is 1.14. The van der Waals surface area contributed by atoms with E-state index in [1.165, 1.54) is 17.2 Å². The van der Waals surface area contributed by atoms with Gasteiger partial charge in [0.25, 0.3) is 5.91 Å². The number of aromatic hydroxyl groups is 1. The Morgan fingerprint density at radius 2 is 2.15 bits per heavy atom. The molecule has 0 unspecified atom stereocenters. The highest BCUT2D eigenvalue weighted by molar-refractivity contribution is 5.93. The van der Waals surface area contributed by atoms with E-state index >= 15 is 0 Å². The number of aromatic nitrogens is 3. The number of hydrogen-bond donors (Lipinski definition) is 1. The van der Waals surface area contributed by atoms with Gasteiger partial charge in [-0.05, 0) is 0 Å². The first-order valence-electron chi connectivity index (χ1n) is 6.20. The fourth-order valence-electron chi connectivity index (χ4n) is 2.38. The molecule has 0 fully saturated rings. The Kier molecular flexibility index (Phi) is 2.63. The van der Waals surface area contributed by atoms with E-state index in [0.717, 1.165) is 0 Å². The summed E-state index contributed by atoms with van der Waals surface area (Å²) in [4.78, 5) is 29.3. The van der Waals surface area contributed by atoms with Gasteiger partial charge in [-0.1, -0.05) is 0 Å². The lowest BCUT2D eigenvalue weighted by molar-refractivity contribution is 0.0816. The van der Waals surface area contributed by atoms with Crippen molar-refractivity contribution in [1.82, 2.24) is 19.0 Å². The predicted molar refractivity (Wildman–Crippen MR) is 71.6 cm³/mol. The van der Waals surface area contributed by atoms with Crippen LogP contribution in [0.3, 0.4) is 0 Å². The van der Waals surface area contributed by atoms with Crippen LogP contribution in [0.4, 0.5) is 0 Å². The first-order valence-corrected chi connectivity index (χ1v) is 6.20. The highest BCUT2D eigenvalue weighted by atomic mass is 16.3. The number of fused-ring (bicyclic) bond motifs is 3. The highest BCUT2D eigenvalue weighted by Gasteiger charge is 2.26. The van der Waals surface area contributed by atoms with Crippen molar-refractivity contribution in [3.05, 3.63) is 34.4 Å². The highest BCUT2D eigenvalue weighted by Crippen LogP contribution is 2.29. The molecule has 0 aliphatic carbocycles. The summed E-state index contributed by atoms with van der Waals surface area (Å²) in [7, 11) is 3.34. The molecule has 0 aromatic carbocycles. The normalized spacial score (nSPS) is 12.7. The second kappa shape index (κ2) is 4.22. The molecule has 20 heavy (non-hydrogen) atoms. The van der Waals surface area contributed by atoms with Gasteiger partial charge >= 0.3 is 0 Å². The number of carbonyl (C=O) groups excluding carboxylic acids is 1. The summed E-state index contributed by atoms with van der Waals surface area (Å²) >= 11 is 0. The molecule has 0 saturated carbocycles. The predicted octanol–water partition coefficient (Wildman–Crippen LogP) is 0.133. The van der Waals surface area contributed by atoms with Crippen LogP contribution >= 0.6 is 0 Å². The minimum Gasteiger partial charge on any atom is -0.503 e.